The zero-order valence-electron chi connectivity index (χ0n) is 7.65. The Bertz CT molecular complexity index is 124. The Labute approximate surface area is 98.3 Å². The maximum atomic E-state index is 3.93. The van der Waals surface area contributed by atoms with Gasteiger partial charge in [0.1, 0.15) is 0 Å². The van der Waals surface area contributed by atoms with Gasteiger partial charge >= 0.3 is 16.0 Å². The Balaban J connectivity index is 0. The van der Waals surface area contributed by atoms with Crippen LogP contribution in [0.15, 0.2) is 24.8 Å². The highest BCUT2D eigenvalue weighted by atomic mass is 79.9. The summed E-state index contributed by atoms with van der Waals surface area (Å²) >= 11 is 6.44. The molecule has 0 aliphatic carbocycles. The van der Waals surface area contributed by atoms with E-state index in [1.165, 1.54) is 0 Å². The van der Waals surface area contributed by atoms with Gasteiger partial charge in [-0.25, -0.2) is 0 Å². The average Bonchev–Trinajstić information content (AvgIpc) is 2.01. The summed E-state index contributed by atoms with van der Waals surface area (Å²) in [6.07, 6.45) is 4.04. The van der Waals surface area contributed by atoms with Crippen LogP contribution in [0.2, 0.25) is 0 Å². The van der Waals surface area contributed by atoms with Crippen LogP contribution < -0.4 is 0 Å². The minimum Gasteiger partial charge on any atom is -0.280 e. The molecule has 1 atom stereocenters. The minimum absolute atomic E-state index is 0.0417. The summed E-state index contributed by atoms with van der Waals surface area (Å²) in [4.78, 5) is 0. The second-order valence-electron chi connectivity index (χ2n) is 2.51. The zero-order valence-corrected chi connectivity index (χ0v) is 12.2. The summed E-state index contributed by atoms with van der Waals surface area (Å²) in [5.74, 6) is 0.406. The molecule has 0 fully saturated rings. The van der Waals surface area contributed by atoms with E-state index < -0.39 is 0 Å². The fraction of sp³-hybridized carbons (Fsp3) is 0.444. The molecule has 12 heavy (non-hydrogen) atoms. The standard InChI is InChI=1S/C9H15.2BrH.Mg/c1-5-6-7-9(4)8(2)3;;;/h5,9H,1-2,4,6-7H2,3H3;2*1H;/q;;;+2/p-2. The Kier molecular flexibility index (Phi) is 15.9. The van der Waals surface area contributed by atoms with E-state index in [1.54, 1.807) is 0 Å². The Hall–Kier alpha value is 1.21. The molecule has 0 saturated heterocycles. The van der Waals surface area contributed by atoms with Crippen LogP contribution in [0.4, 0.5) is 0 Å². The molecule has 0 aliphatic heterocycles. The first kappa shape index (κ1) is 15.7. The van der Waals surface area contributed by atoms with Crippen molar-refractivity contribution < 1.29 is 0 Å². The first-order chi connectivity index (χ1) is 5.59. The summed E-state index contributed by atoms with van der Waals surface area (Å²) < 4.78 is 0. The number of rotatable bonds is 4. The second-order valence-corrected chi connectivity index (χ2v) is 10.6. The molecule has 1 radical (unpaired) electrons. The summed E-state index contributed by atoms with van der Waals surface area (Å²) in [6, 6.07) is 0. The average molecular weight is 307 g/mol. The number of allylic oxidation sites excluding steroid dienone is 2. The third-order valence-electron chi connectivity index (χ3n) is 1.42. The van der Waals surface area contributed by atoms with E-state index in [0.717, 1.165) is 18.4 Å². The van der Waals surface area contributed by atoms with Crippen molar-refractivity contribution in [1.29, 1.82) is 0 Å². The van der Waals surface area contributed by atoms with Gasteiger partial charge in [-0.1, -0.05) is 18.2 Å². The lowest BCUT2D eigenvalue weighted by atomic mass is 9.99. The smallest absolute Gasteiger partial charge is 0.280 e. The van der Waals surface area contributed by atoms with E-state index in [0.29, 0.717) is 5.92 Å². The Morgan fingerprint density at radius 3 is 2.25 bits per heavy atom. The van der Waals surface area contributed by atoms with Gasteiger partial charge in [-0.05, 0) is 32.6 Å². The predicted molar refractivity (Wildman–Crippen MR) is 66.7 cm³/mol. The van der Waals surface area contributed by atoms with Crippen LogP contribution in [-0.4, -0.2) is 16.0 Å². The highest BCUT2D eigenvalue weighted by molar-refractivity contribution is 9.47. The fourth-order valence-electron chi connectivity index (χ4n) is 0.565. The summed E-state index contributed by atoms with van der Waals surface area (Å²) in [5.41, 5.74) is 1.16. The molecule has 0 bridgehead atoms. The van der Waals surface area contributed by atoms with E-state index in [1.807, 2.05) is 13.0 Å². The summed E-state index contributed by atoms with van der Waals surface area (Å²) in [6.45, 7) is 13.4. The molecule has 0 aliphatic rings. The quantitative estimate of drug-likeness (QED) is 0.537. The van der Waals surface area contributed by atoms with E-state index in [4.69, 9.17) is 0 Å². The largest absolute Gasteiger partial charge is 0.560 e. The molecule has 0 nitrogen and oxygen atoms in total. The number of hydrogen-bond donors (Lipinski definition) is 0. The molecular formula is C9H15Br2Mg. The van der Waals surface area contributed by atoms with Crippen molar-refractivity contribution in [1.82, 2.24) is 0 Å². The van der Waals surface area contributed by atoms with Gasteiger partial charge in [-0.15, -0.1) is 6.58 Å². The molecule has 0 N–H and O–H groups in total. The van der Waals surface area contributed by atoms with Crippen LogP contribution in [0.5, 0.6) is 0 Å². The molecule has 1 unspecified atom stereocenters. The molecule has 0 amide bonds. The third-order valence-corrected chi connectivity index (χ3v) is 1.42. The maximum absolute atomic E-state index is 3.93. The normalized spacial score (nSPS) is 10.3. The van der Waals surface area contributed by atoms with E-state index in [2.05, 4.69) is 45.8 Å². The molecule has 67 valence electrons. The van der Waals surface area contributed by atoms with Crippen molar-refractivity contribution in [2.24, 2.45) is 5.92 Å². The summed E-state index contributed by atoms with van der Waals surface area (Å²) in [5, 5.41) is 0. The first-order valence-corrected chi connectivity index (χ1v) is 11.6. The van der Waals surface area contributed by atoms with Crippen LogP contribution in [0.1, 0.15) is 19.8 Å². The van der Waals surface area contributed by atoms with E-state index >= 15 is 0 Å². The fourth-order valence-corrected chi connectivity index (χ4v) is 0.565. The lowest BCUT2D eigenvalue weighted by Gasteiger charge is -2.07. The zero-order chi connectivity index (χ0) is 9.98. The van der Waals surface area contributed by atoms with Gasteiger partial charge in [0.05, 0.1) is 0 Å². The van der Waals surface area contributed by atoms with E-state index in [9.17, 15) is 0 Å². The van der Waals surface area contributed by atoms with Crippen LogP contribution in [0.3, 0.4) is 0 Å². The van der Waals surface area contributed by atoms with Crippen molar-refractivity contribution in [3.05, 3.63) is 31.7 Å². The monoisotopic (exact) mass is 305 g/mol. The lowest BCUT2D eigenvalue weighted by molar-refractivity contribution is 0.683. The van der Waals surface area contributed by atoms with Gasteiger partial charge in [0.2, 0.25) is 0 Å². The minimum atomic E-state index is 0.0417. The highest BCUT2D eigenvalue weighted by Gasteiger charge is 1.98. The molecule has 0 saturated carbocycles. The van der Waals surface area contributed by atoms with Crippen molar-refractivity contribution in [2.75, 3.05) is 0 Å². The molecule has 0 aromatic rings. The molecular weight excluding hydrogens is 292 g/mol. The third kappa shape index (κ3) is 13.8. The maximum Gasteiger partial charge on any atom is 0.560 e. The Morgan fingerprint density at radius 1 is 1.58 bits per heavy atom. The molecule has 0 aromatic heterocycles. The van der Waals surface area contributed by atoms with Gasteiger partial charge in [-0.2, -0.15) is 0 Å². The van der Waals surface area contributed by atoms with Crippen LogP contribution >= 0.6 is 25.8 Å². The van der Waals surface area contributed by atoms with Crippen molar-refractivity contribution >= 4 is 41.8 Å². The highest BCUT2D eigenvalue weighted by Crippen LogP contribution is 2.12. The SMILES string of the molecule is [Br][Mg][Br].[CH2]C(CCC=C)C(=C)C. The van der Waals surface area contributed by atoms with Gasteiger partial charge in [0.15, 0.2) is 0 Å². The summed E-state index contributed by atoms with van der Waals surface area (Å²) in [7, 11) is 0. The van der Waals surface area contributed by atoms with Gasteiger partial charge < -0.3 is 0 Å². The van der Waals surface area contributed by atoms with Crippen molar-refractivity contribution in [3.63, 3.8) is 0 Å². The Morgan fingerprint density at radius 2 is 2.00 bits per heavy atom. The lowest BCUT2D eigenvalue weighted by Crippen LogP contribution is -1.93. The van der Waals surface area contributed by atoms with Gasteiger partial charge in [0.25, 0.3) is 0 Å². The molecule has 0 heterocycles. The predicted octanol–water partition coefficient (Wildman–Crippen LogP) is 4.29. The molecule has 0 aromatic carbocycles. The van der Waals surface area contributed by atoms with Crippen molar-refractivity contribution in [2.45, 2.75) is 19.8 Å². The van der Waals surface area contributed by atoms with Crippen LogP contribution in [0.25, 0.3) is 0 Å². The van der Waals surface area contributed by atoms with E-state index in [-0.39, 0.29) is 16.0 Å². The first-order valence-electron chi connectivity index (χ1n) is 3.81. The molecule has 0 spiro atoms. The van der Waals surface area contributed by atoms with Crippen molar-refractivity contribution in [3.8, 4) is 0 Å². The van der Waals surface area contributed by atoms with Crippen LogP contribution in [0, 0.1) is 12.8 Å². The van der Waals surface area contributed by atoms with Gasteiger partial charge in [0, 0.05) is 0 Å². The topological polar surface area (TPSA) is 0 Å². The van der Waals surface area contributed by atoms with Crippen LogP contribution in [-0.2, 0) is 0 Å². The number of halogens is 2. The molecule has 0 rings (SSSR count). The second kappa shape index (κ2) is 12.2. The number of hydrogen-bond acceptors (Lipinski definition) is 0. The molecule has 3 heteroatoms. The van der Waals surface area contributed by atoms with Gasteiger partial charge in [-0.3, -0.25) is 25.8 Å².